The molecule has 4 heteroatoms. The number of benzene rings is 5. The molecule has 5 aromatic carbocycles. The van der Waals surface area contributed by atoms with Gasteiger partial charge in [-0.15, -0.1) is 0 Å². The highest BCUT2D eigenvalue weighted by molar-refractivity contribution is 9.11. The molecule has 0 aliphatic heterocycles. The van der Waals surface area contributed by atoms with Crippen LogP contribution in [-0.2, 0) is 0 Å². The lowest BCUT2D eigenvalue weighted by Gasteiger charge is -2.07. The fraction of sp³-hybridized carbons (Fsp3) is 0. The van der Waals surface area contributed by atoms with Crippen molar-refractivity contribution < 1.29 is 0 Å². The van der Waals surface area contributed by atoms with Crippen molar-refractivity contribution in [2.75, 3.05) is 0 Å². The van der Waals surface area contributed by atoms with Crippen molar-refractivity contribution in [1.29, 1.82) is 0 Å². The van der Waals surface area contributed by atoms with E-state index in [0.29, 0.717) is 0 Å². The molecule has 0 saturated heterocycles. The molecule has 182 valence electrons. The normalized spacial score (nSPS) is 12.6. The van der Waals surface area contributed by atoms with Crippen LogP contribution in [0.15, 0.2) is 115 Å². The van der Waals surface area contributed by atoms with Gasteiger partial charge in [0, 0.05) is 17.9 Å². The Kier molecular flexibility index (Phi) is 6.20. The first kappa shape index (κ1) is 24.5. The Morgan fingerprint density at radius 1 is 0.316 bits per heavy atom. The number of fused-ring (bicyclic) bond motifs is 6. The third kappa shape index (κ3) is 4.23. The minimum atomic E-state index is 1.09. The first-order valence-electron chi connectivity index (χ1n) is 12.2. The zero-order valence-electron chi connectivity index (χ0n) is 19.9. The zero-order chi connectivity index (χ0) is 26.0. The molecule has 0 saturated carbocycles. The Morgan fingerprint density at radius 3 is 0.842 bits per heavy atom. The minimum Gasteiger partial charge on any atom is -0.0544 e. The van der Waals surface area contributed by atoms with E-state index in [0.717, 1.165) is 17.9 Å². The standard InChI is InChI=1S/C34H18Br4/c35-21-5-9-25-26-10-6-22(36)16-32(26)29(31(25)15-21)13-19-1-2-20(4-3-19)14-30-33-17-23(37)7-11-27(33)28-12-8-24(38)18-34(28)30/h1-18H. The van der Waals surface area contributed by atoms with E-state index in [1.165, 1.54) is 66.8 Å². The van der Waals surface area contributed by atoms with Gasteiger partial charge < -0.3 is 0 Å². The molecule has 38 heavy (non-hydrogen) atoms. The molecule has 0 spiro atoms. The van der Waals surface area contributed by atoms with Crippen molar-refractivity contribution in [1.82, 2.24) is 0 Å². The zero-order valence-corrected chi connectivity index (χ0v) is 26.2. The summed E-state index contributed by atoms with van der Waals surface area (Å²) >= 11 is 14.7. The van der Waals surface area contributed by atoms with E-state index >= 15 is 0 Å². The van der Waals surface area contributed by atoms with Gasteiger partial charge in [0.1, 0.15) is 0 Å². The van der Waals surface area contributed by atoms with Gasteiger partial charge in [0.2, 0.25) is 0 Å². The number of halogens is 4. The topological polar surface area (TPSA) is 0 Å². The summed E-state index contributed by atoms with van der Waals surface area (Å²) in [7, 11) is 0. The molecule has 2 aliphatic carbocycles. The first-order valence-corrected chi connectivity index (χ1v) is 15.4. The van der Waals surface area contributed by atoms with Crippen LogP contribution < -0.4 is 0 Å². The van der Waals surface area contributed by atoms with Gasteiger partial charge in [0.25, 0.3) is 0 Å². The average molecular weight is 746 g/mol. The van der Waals surface area contributed by atoms with Crippen molar-refractivity contribution in [3.63, 3.8) is 0 Å². The molecule has 0 atom stereocenters. The first-order chi connectivity index (χ1) is 18.4. The van der Waals surface area contributed by atoms with Crippen LogP contribution in [0.3, 0.4) is 0 Å². The van der Waals surface area contributed by atoms with E-state index < -0.39 is 0 Å². The predicted molar refractivity (Wildman–Crippen MR) is 175 cm³/mol. The van der Waals surface area contributed by atoms with Crippen molar-refractivity contribution in [2.24, 2.45) is 0 Å². The molecule has 2 aliphatic rings. The maximum atomic E-state index is 3.67. The summed E-state index contributed by atoms with van der Waals surface area (Å²) in [5, 5.41) is 0. The molecule has 0 unspecified atom stereocenters. The van der Waals surface area contributed by atoms with Gasteiger partial charge in [-0.3, -0.25) is 0 Å². The van der Waals surface area contributed by atoms with Crippen molar-refractivity contribution in [3.8, 4) is 22.3 Å². The van der Waals surface area contributed by atoms with Gasteiger partial charge in [-0.1, -0.05) is 112 Å². The summed E-state index contributed by atoms with van der Waals surface area (Å²) in [6.45, 7) is 0. The highest BCUT2D eigenvalue weighted by Crippen LogP contribution is 2.48. The van der Waals surface area contributed by atoms with Crippen LogP contribution in [0.4, 0.5) is 0 Å². The fourth-order valence-corrected chi connectivity index (χ4v) is 6.96. The monoisotopic (exact) mass is 742 g/mol. The minimum absolute atomic E-state index is 1.09. The SMILES string of the molecule is Brc1ccc2c(c1)C(=Cc1ccc(C=C3c4cc(Br)ccc4-c4ccc(Br)cc43)cc1)c1cc(Br)ccc1-2. The Balaban J connectivity index is 1.31. The third-order valence-corrected chi connectivity index (χ3v) is 9.20. The molecule has 0 N–H and O–H groups in total. The smallest absolute Gasteiger partial charge is 0.0181 e. The summed E-state index contributed by atoms with van der Waals surface area (Å²) < 4.78 is 4.36. The van der Waals surface area contributed by atoms with Crippen LogP contribution >= 0.6 is 63.7 Å². The van der Waals surface area contributed by atoms with Gasteiger partial charge >= 0.3 is 0 Å². The maximum Gasteiger partial charge on any atom is 0.0181 e. The molecule has 0 amide bonds. The third-order valence-electron chi connectivity index (χ3n) is 7.23. The Labute approximate surface area is 255 Å². The van der Waals surface area contributed by atoms with Crippen LogP contribution in [0.1, 0.15) is 33.4 Å². The molecule has 5 aromatic rings. The maximum absolute atomic E-state index is 3.67. The summed E-state index contributed by atoms with van der Waals surface area (Å²) in [6.07, 6.45) is 4.60. The molecular formula is C34H18Br4. The molecule has 7 rings (SSSR count). The molecule has 0 radical (unpaired) electrons. The largest absolute Gasteiger partial charge is 0.0544 e. The molecule has 0 nitrogen and oxygen atoms in total. The quantitative estimate of drug-likeness (QED) is 0.165. The highest BCUT2D eigenvalue weighted by atomic mass is 79.9. The fourth-order valence-electron chi connectivity index (χ4n) is 5.52. The van der Waals surface area contributed by atoms with E-state index in [4.69, 9.17) is 0 Å². The molecular weight excluding hydrogens is 728 g/mol. The van der Waals surface area contributed by atoms with Crippen molar-refractivity contribution >= 4 is 87.0 Å². The van der Waals surface area contributed by atoms with Crippen LogP contribution in [0.25, 0.3) is 45.6 Å². The van der Waals surface area contributed by atoms with Gasteiger partial charge in [0.15, 0.2) is 0 Å². The lowest BCUT2D eigenvalue weighted by atomic mass is 9.99. The molecule has 0 fully saturated rings. The lowest BCUT2D eigenvalue weighted by molar-refractivity contribution is 1.59. The second-order valence-corrected chi connectivity index (χ2v) is 13.2. The van der Waals surface area contributed by atoms with E-state index in [1.807, 2.05) is 0 Å². The van der Waals surface area contributed by atoms with Gasteiger partial charge in [-0.2, -0.15) is 0 Å². The van der Waals surface area contributed by atoms with E-state index in [1.54, 1.807) is 0 Å². The second-order valence-electron chi connectivity index (χ2n) is 9.54. The Morgan fingerprint density at radius 2 is 0.579 bits per heavy atom. The number of rotatable bonds is 2. The van der Waals surface area contributed by atoms with Crippen molar-refractivity contribution in [3.05, 3.63) is 148 Å². The molecule has 0 bridgehead atoms. The molecule has 0 heterocycles. The lowest BCUT2D eigenvalue weighted by Crippen LogP contribution is -1.85. The highest BCUT2D eigenvalue weighted by Gasteiger charge is 2.25. The molecule has 0 aromatic heterocycles. The number of hydrogen-bond donors (Lipinski definition) is 0. The Bertz CT molecular complexity index is 1600. The van der Waals surface area contributed by atoms with E-state index in [2.05, 4.69) is 173 Å². The van der Waals surface area contributed by atoms with Gasteiger partial charge in [0.05, 0.1) is 0 Å². The van der Waals surface area contributed by atoms with Gasteiger partial charge in [-0.05, 0) is 127 Å². The summed E-state index contributed by atoms with van der Waals surface area (Å²) in [4.78, 5) is 0. The second kappa shape index (κ2) is 9.60. The predicted octanol–water partition coefficient (Wildman–Crippen LogP) is 11.9. The summed E-state index contributed by atoms with van der Waals surface area (Å²) in [6, 6.07) is 35.0. The van der Waals surface area contributed by atoms with Crippen LogP contribution in [0.5, 0.6) is 0 Å². The van der Waals surface area contributed by atoms with Crippen LogP contribution in [0, 0.1) is 0 Å². The summed E-state index contributed by atoms with van der Waals surface area (Å²) in [5.74, 6) is 0. The summed E-state index contributed by atoms with van der Waals surface area (Å²) in [5.41, 5.74) is 15.0. The van der Waals surface area contributed by atoms with Crippen molar-refractivity contribution in [2.45, 2.75) is 0 Å². The van der Waals surface area contributed by atoms with Crippen LogP contribution in [0.2, 0.25) is 0 Å². The number of hydrogen-bond acceptors (Lipinski definition) is 0. The van der Waals surface area contributed by atoms with Gasteiger partial charge in [-0.25, -0.2) is 0 Å². The average Bonchev–Trinajstić information content (AvgIpc) is 3.36. The Hall–Kier alpha value is -2.50. The van der Waals surface area contributed by atoms with Crippen LogP contribution in [-0.4, -0.2) is 0 Å². The van der Waals surface area contributed by atoms with E-state index in [-0.39, 0.29) is 0 Å². The van der Waals surface area contributed by atoms with E-state index in [9.17, 15) is 0 Å².